The number of nitrogens with zero attached hydrogens (tertiary/aromatic N) is 1. The molecule has 3 heteroatoms. The smallest absolute Gasteiger partial charge is 0.246 e. The molecule has 2 aromatic carbocycles. The normalized spacial score (nSPS) is 14.3. The van der Waals surface area contributed by atoms with Crippen LogP contribution in [0.4, 0.5) is 0 Å². The predicted octanol–water partition coefficient (Wildman–Crippen LogP) is 3.90. The van der Waals surface area contributed by atoms with Crippen molar-refractivity contribution in [2.24, 2.45) is 0 Å². The molecule has 0 radical (unpaired) electrons. The van der Waals surface area contributed by atoms with Gasteiger partial charge in [0.15, 0.2) is 0 Å². The average Bonchev–Trinajstić information content (AvgIpc) is 3.14. The second-order valence-electron chi connectivity index (χ2n) is 5.71. The number of ether oxygens (including phenoxy) is 1. The molecule has 0 atom stereocenters. The van der Waals surface area contributed by atoms with Crippen molar-refractivity contribution in [3.63, 3.8) is 0 Å². The van der Waals surface area contributed by atoms with Crippen molar-refractivity contribution in [2.45, 2.75) is 19.4 Å². The lowest BCUT2D eigenvalue weighted by molar-refractivity contribution is -0.124. The topological polar surface area (TPSA) is 29.5 Å². The zero-order valence-corrected chi connectivity index (χ0v) is 13.2. The van der Waals surface area contributed by atoms with Crippen molar-refractivity contribution in [3.05, 3.63) is 71.8 Å². The first-order chi connectivity index (χ1) is 11.3. The number of hydrogen-bond donors (Lipinski definition) is 0. The van der Waals surface area contributed by atoms with Gasteiger partial charge in [-0.15, -0.1) is 0 Å². The van der Waals surface area contributed by atoms with E-state index in [9.17, 15) is 4.79 Å². The number of carbonyl (C=O) groups excluding carboxylic acids is 1. The highest BCUT2D eigenvalue weighted by Crippen LogP contribution is 2.15. The molecule has 0 N–H and O–H groups in total. The van der Waals surface area contributed by atoms with Gasteiger partial charge in [-0.1, -0.05) is 42.5 Å². The van der Waals surface area contributed by atoms with Crippen molar-refractivity contribution in [2.75, 3.05) is 13.1 Å². The van der Waals surface area contributed by atoms with Crippen LogP contribution in [-0.4, -0.2) is 23.9 Å². The molecule has 0 unspecified atom stereocenters. The lowest BCUT2D eigenvalue weighted by Crippen LogP contribution is -2.25. The summed E-state index contributed by atoms with van der Waals surface area (Å²) in [6, 6.07) is 17.9. The summed E-state index contributed by atoms with van der Waals surface area (Å²) in [5, 5.41) is 0. The molecule has 1 saturated heterocycles. The quantitative estimate of drug-likeness (QED) is 0.784. The van der Waals surface area contributed by atoms with E-state index in [2.05, 4.69) is 0 Å². The number of benzene rings is 2. The van der Waals surface area contributed by atoms with Gasteiger partial charge in [-0.25, -0.2) is 0 Å². The molecule has 23 heavy (non-hydrogen) atoms. The van der Waals surface area contributed by atoms with Crippen molar-refractivity contribution < 1.29 is 9.53 Å². The van der Waals surface area contributed by atoms with Gasteiger partial charge in [-0.2, -0.15) is 0 Å². The second-order valence-corrected chi connectivity index (χ2v) is 5.71. The van der Waals surface area contributed by atoms with E-state index in [1.54, 1.807) is 6.08 Å². The molecule has 1 amide bonds. The van der Waals surface area contributed by atoms with E-state index < -0.39 is 0 Å². The molecule has 1 fully saturated rings. The summed E-state index contributed by atoms with van der Waals surface area (Å²) >= 11 is 0. The Kier molecular flexibility index (Phi) is 5.09. The van der Waals surface area contributed by atoms with Gasteiger partial charge in [0, 0.05) is 19.2 Å². The van der Waals surface area contributed by atoms with Crippen LogP contribution in [0.15, 0.2) is 60.7 Å². The van der Waals surface area contributed by atoms with E-state index in [-0.39, 0.29) is 5.91 Å². The third kappa shape index (κ3) is 4.46. The Morgan fingerprint density at radius 3 is 2.39 bits per heavy atom. The molecule has 0 aromatic heterocycles. The van der Waals surface area contributed by atoms with Crippen LogP contribution in [0.25, 0.3) is 6.08 Å². The van der Waals surface area contributed by atoms with Gasteiger partial charge in [0.1, 0.15) is 12.4 Å². The van der Waals surface area contributed by atoms with E-state index in [0.717, 1.165) is 42.8 Å². The third-order valence-electron chi connectivity index (χ3n) is 3.96. The first-order valence-corrected chi connectivity index (χ1v) is 8.05. The van der Waals surface area contributed by atoms with Crippen molar-refractivity contribution in [1.29, 1.82) is 0 Å². The lowest BCUT2D eigenvalue weighted by Gasteiger charge is -2.11. The first kappa shape index (κ1) is 15.3. The van der Waals surface area contributed by atoms with Crippen LogP contribution in [0.3, 0.4) is 0 Å². The molecule has 0 bridgehead atoms. The standard InChI is InChI=1S/C20H21NO2/c22-20(21-14-4-5-15-21)13-10-17-8-11-19(12-9-17)23-16-18-6-2-1-3-7-18/h1-3,6-13H,4-5,14-16H2/b13-10+. The fourth-order valence-corrected chi connectivity index (χ4v) is 2.63. The number of hydrogen-bond acceptors (Lipinski definition) is 2. The number of amides is 1. The van der Waals surface area contributed by atoms with Gasteiger partial charge in [0.25, 0.3) is 0 Å². The van der Waals surface area contributed by atoms with E-state index in [1.807, 2.05) is 65.6 Å². The molecule has 0 aliphatic carbocycles. The van der Waals surface area contributed by atoms with Gasteiger partial charge in [0.2, 0.25) is 5.91 Å². The Hall–Kier alpha value is -2.55. The predicted molar refractivity (Wildman–Crippen MR) is 92.1 cm³/mol. The van der Waals surface area contributed by atoms with Crippen LogP contribution in [0.2, 0.25) is 0 Å². The Balaban J connectivity index is 1.53. The largest absolute Gasteiger partial charge is 0.489 e. The van der Waals surface area contributed by atoms with Crippen LogP contribution >= 0.6 is 0 Å². The summed E-state index contributed by atoms with van der Waals surface area (Å²) in [5.74, 6) is 0.934. The van der Waals surface area contributed by atoms with E-state index in [0.29, 0.717) is 6.61 Å². The summed E-state index contributed by atoms with van der Waals surface area (Å²) in [5.41, 5.74) is 2.15. The molecule has 0 saturated carbocycles. The van der Waals surface area contributed by atoms with E-state index in [4.69, 9.17) is 4.74 Å². The van der Waals surface area contributed by atoms with Crippen LogP contribution < -0.4 is 4.74 Å². The van der Waals surface area contributed by atoms with Crippen molar-refractivity contribution in [3.8, 4) is 5.75 Å². The highest BCUT2D eigenvalue weighted by atomic mass is 16.5. The third-order valence-corrected chi connectivity index (χ3v) is 3.96. The molecule has 1 heterocycles. The maximum absolute atomic E-state index is 12.0. The molecule has 118 valence electrons. The van der Waals surface area contributed by atoms with Crippen LogP contribution in [-0.2, 0) is 11.4 Å². The minimum atomic E-state index is 0.104. The lowest BCUT2D eigenvalue weighted by atomic mass is 10.2. The molecule has 0 spiro atoms. The van der Waals surface area contributed by atoms with Gasteiger partial charge in [-0.3, -0.25) is 4.79 Å². The highest BCUT2D eigenvalue weighted by Gasteiger charge is 2.14. The average molecular weight is 307 g/mol. The summed E-state index contributed by atoms with van der Waals surface area (Å²) in [6.07, 6.45) is 5.76. The summed E-state index contributed by atoms with van der Waals surface area (Å²) < 4.78 is 5.75. The van der Waals surface area contributed by atoms with Crippen molar-refractivity contribution >= 4 is 12.0 Å². The number of likely N-dealkylation sites (tertiary alicyclic amines) is 1. The molecule has 2 aromatic rings. The van der Waals surface area contributed by atoms with Crippen LogP contribution in [0.5, 0.6) is 5.75 Å². The maximum Gasteiger partial charge on any atom is 0.246 e. The zero-order valence-electron chi connectivity index (χ0n) is 13.2. The van der Waals surface area contributed by atoms with Crippen LogP contribution in [0.1, 0.15) is 24.0 Å². The van der Waals surface area contributed by atoms with Gasteiger partial charge >= 0.3 is 0 Å². The molecule has 3 nitrogen and oxygen atoms in total. The fourth-order valence-electron chi connectivity index (χ4n) is 2.63. The van der Waals surface area contributed by atoms with Gasteiger partial charge in [-0.05, 0) is 42.2 Å². The molecule has 1 aliphatic heterocycles. The summed E-state index contributed by atoms with van der Waals surface area (Å²) in [6.45, 7) is 2.33. The van der Waals surface area contributed by atoms with E-state index in [1.165, 1.54) is 0 Å². The zero-order chi connectivity index (χ0) is 15.9. The Bertz CT molecular complexity index is 656. The number of rotatable bonds is 5. The Morgan fingerprint density at radius 2 is 1.70 bits per heavy atom. The maximum atomic E-state index is 12.0. The van der Waals surface area contributed by atoms with Gasteiger partial charge in [0.05, 0.1) is 0 Å². The minimum Gasteiger partial charge on any atom is -0.489 e. The first-order valence-electron chi connectivity index (χ1n) is 8.05. The van der Waals surface area contributed by atoms with E-state index >= 15 is 0 Å². The van der Waals surface area contributed by atoms with Crippen LogP contribution in [0, 0.1) is 0 Å². The van der Waals surface area contributed by atoms with Crippen molar-refractivity contribution in [1.82, 2.24) is 4.90 Å². The van der Waals surface area contributed by atoms with Gasteiger partial charge < -0.3 is 9.64 Å². The molecular weight excluding hydrogens is 286 g/mol. The molecular formula is C20H21NO2. The summed E-state index contributed by atoms with van der Waals surface area (Å²) in [4.78, 5) is 13.9. The summed E-state index contributed by atoms with van der Waals surface area (Å²) in [7, 11) is 0. The second kappa shape index (κ2) is 7.63. The Labute approximate surface area is 137 Å². The molecule has 3 rings (SSSR count). The number of carbonyl (C=O) groups is 1. The monoisotopic (exact) mass is 307 g/mol. The minimum absolute atomic E-state index is 0.104. The SMILES string of the molecule is O=C(/C=C/c1ccc(OCc2ccccc2)cc1)N1CCCC1. The molecule has 1 aliphatic rings. The highest BCUT2D eigenvalue weighted by molar-refractivity contribution is 5.91. The fraction of sp³-hybridized carbons (Fsp3) is 0.250. The Morgan fingerprint density at radius 1 is 1.00 bits per heavy atom.